The molecule has 3 rings (SSSR count). The fourth-order valence-corrected chi connectivity index (χ4v) is 2.46. The van der Waals surface area contributed by atoms with Crippen LogP contribution in [0.1, 0.15) is 28.9 Å². The summed E-state index contributed by atoms with van der Waals surface area (Å²) in [5, 5.41) is 13.5. The van der Waals surface area contributed by atoms with Gasteiger partial charge in [-0.05, 0) is 25.8 Å². The molecule has 1 saturated heterocycles. The van der Waals surface area contributed by atoms with Crippen molar-refractivity contribution in [3.63, 3.8) is 0 Å². The van der Waals surface area contributed by atoms with Crippen molar-refractivity contribution in [1.29, 1.82) is 5.26 Å². The maximum Gasteiger partial charge on any atom is 0.257 e. The van der Waals surface area contributed by atoms with Crippen LogP contribution in [-0.4, -0.2) is 34.0 Å². The van der Waals surface area contributed by atoms with Gasteiger partial charge in [-0.2, -0.15) is 5.26 Å². The average molecular weight is 270 g/mol. The van der Waals surface area contributed by atoms with Gasteiger partial charge in [-0.3, -0.25) is 4.79 Å². The van der Waals surface area contributed by atoms with Gasteiger partial charge >= 0.3 is 0 Å². The van der Waals surface area contributed by atoms with Gasteiger partial charge in [0, 0.05) is 25.2 Å². The highest BCUT2D eigenvalue weighted by atomic mass is 16.5. The van der Waals surface area contributed by atoms with E-state index in [1.165, 1.54) is 6.20 Å². The molecule has 0 atom stereocenters. The quantitative estimate of drug-likeness (QED) is 0.790. The van der Waals surface area contributed by atoms with E-state index in [4.69, 9.17) is 9.78 Å². The summed E-state index contributed by atoms with van der Waals surface area (Å²) in [7, 11) is 0. The van der Waals surface area contributed by atoms with Gasteiger partial charge in [0.05, 0.1) is 22.7 Å². The number of aromatic nitrogens is 2. The second-order valence-electron chi connectivity index (χ2n) is 5.04. The molecule has 2 aromatic heterocycles. The number of nitrogens with zero attached hydrogens (tertiary/aromatic N) is 4. The molecule has 0 aromatic carbocycles. The van der Waals surface area contributed by atoms with Crippen LogP contribution in [0.2, 0.25) is 0 Å². The fourth-order valence-electron chi connectivity index (χ4n) is 2.46. The molecule has 2 aromatic rings. The Kier molecular flexibility index (Phi) is 3.11. The molecule has 6 heteroatoms. The number of hydrogen-bond donors (Lipinski definition) is 0. The van der Waals surface area contributed by atoms with Gasteiger partial charge in [-0.1, -0.05) is 5.16 Å². The van der Waals surface area contributed by atoms with Crippen molar-refractivity contribution >= 4 is 17.0 Å². The van der Waals surface area contributed by atoms with Crippen LogP contribution in [0.5, 0.6) is 0 Å². The first-order chi connectivity index (χ1) is 9.69. The topological polar surface area (TPSA) is 83.0 Å². The predicted molar refractivity (Wildman–Crippen MR) is 70.8 cm³/mol. The lowest BCUT2D eigenvalue weighted by Crippen LogP contribution is -2.38. The minimum atomic E-state index is -0.0450. The number of pyridine rings is 1. The summed E-state index contributed by atoms with van der Waals surface area (Å²) < 4.78 is 5.04. The van der Waals surface area contributed by atoms with Crippen LogP contribution >= 0.6 is 0 Å². The minimum absolute atomic E-state index is 0.0450. The third-order valence-electron chi connectivity index (χ3n) is 3.72. The molecule has 1 fully saturated rings. The van der Waals surface area contributed by atoms with E-state index >= 15 is 0 Å². The summed E-state index contributed by atoms with van der Waals surface area (Å²) in [6, 6.07) is 4.03. The number of rotatable bonds is 1. The number of nitriles is 1. The van der Waals surface area contributed by atoms with E-state index < -0.39 is 0 Å². The highest BCUT2D eigenvalue weighted by Gasteiger charge is 2.24. The fraction of sp³-hybridized carbons (Fsp3) is 0.429. The zero-order valence-corrected chi connectivity index (χ0v) is 11.2. The molecule has 0 saturated carbocycles. The molecule has 6 nitrogen and oxygen atoms in total. The number of fused-ring (bicyclic) bond motifs is 1. The minimum Gasteiger partial charge on any atom is -0.339 e. The number of amides is 1. The first-order valence-electron chi connectivity index (χ1n) is 6.60. The number of carbonyl (C=O) groups excluding carboxylic acids is 1. The van der Waals surface area contributed by atoms with Gasteiger partial charge in [-0.25, -0.2) is 4.98 Å². The van der Waals surface area contributed by atoms with Gasteiger partial charge < -0.3 is 9.42 Å². The number of aryl methyl sites for hydroxylation is 1. The van der Waals surface area contributed by atoms with Crippen molar-refractivity contribution in [3.8, 4) is 6.07 Å². The van der Waals surface area contributed by atoms with Crippen molar-refractivity contribution in [2.45, 2.75) is 19.8 Å². The van der Waals surface area contributed by atoms with E-state index in [2.05, 4.69) is 16.2 Å². The molecular weight excluding hydrogens is 256 g/mol. The van der Waals surface area contributed by atoms with Crippen LogP contribution in [-0.2, 0) is 0 Å². The van der Waals surface area contributed by atoms with Crippen molar-refractivity contribution in [2.75, 3.05) is 13.1 Å². The second-order valence-corrected chi connectivity index (χ2v) is 5.04. The Balaban J connectivity index is 1.82. The normalized spacial score (nSPS) is 16.3. The molecule has 0 radical (unpaired) electrons. The molecule has 0 N–H and O–H groups in total. The van der Waals surface area contributed by atoms with Gasteiger partial charge in [0.15, 0.2) is 0 Å². The first-order valence-corrected chi connectivity index (χ1v) is 6.60. The maximum absolute atomic E-state index is 12.4. The highest BCUT2D eigenvalue weighted by Crippen LogP contribution is 2.21. The van der Waals surface area contributed by atoms with Crippen molar-refractivity contribution in [1.82, 2.24) is 15.0 Å². The smallest absolute Gasteiger partial charge is 0.257 e. The number of likely N-dealkylation sites (tertiary alicyclic amines) is 1. The van der Waals surface area contributed by atoms with Gasteiger partial charge in [-0.15, -0.1) is 0 Å². The van der Waals surface area contributed by atoms with Crippen LogP contribution in [0.15, 0.2) is 16.8 Å². The second kappa shape index (κ2) is 4.93. The van der Waals surface area contributed by atoms with Crippen LogP contribution in [0.25, 0.3) is 11.1 Å². The third kappa shape index (κ3) is 2.11. The van der Waals surface area contributed by atoms with E-state index in [0.717, 1.165) is 23.9 Å². The highest BCUT2D eigenvalue weighted by molar-refractivity contribution is 5.97. The lowest BCUT2D eigenvalue weighted by atomic mass is 9.98. The van der Waals surface area contributed by atoms with Crippen molar-refractivity contribution < 1.29 is 9.32 Å². The zero-order valence-electron chi connectivity index (χ0n) is 11.2. The number of piperidine rings is 1. The number of carbonyl (C=O) groups is 1. The summed E-state index contributed by atoms with van der Waals surface area (Å²) in [5.74, 6) is 0.0244. The SMILES string of the molecule is Cc1noc2ncc(C(=O)N3CCC(C#N)CC3)cc12. The Hall–Kier alpha value is -2.42. The molecule has 102 valence electrons. The Labute approximate surface area is 116 Å². The summed E-state index contributed by atoms with van der Waals surface area (Å²) in [6.07, 6.45) is 3.00. The summed E-state index contributed by atoms with van der Waals surface area (Å²) in [6.45, 7) is 3.07. The lowest BCUT2D eigenvalue weighted by Gasteiger charge is -2.29. The molecule has 1 aliphatic heterocycles. The standard InChI is InChI=1S/C14H14N4O2/c1-9-12-6-11(8-16-13(12)20-17-9)14(19)18-4-2-10(7-15)3-5-18/h6,8,10H,2-5H2,1H3. The van der Waals surface area contributed by atoms with Gasteiger partial charge in [0.1, 0.15) is 0 Å². The van der Waals surface area contributed by atoms with E-state index in [1.807, 2.05) is 6.92 Å². The molecular formula is C14H14N4O2. The van der Waals surface area contributed by atoms with E-state index in [-0.39, 0.29) is 11.8 Å². The van der Waals surface area contributed by atoms with Gasteiger partial charge in [0.25, 0.3) is 11.6 Å². The van der Waals surface area contributed by atoms with Crippen LogP contribution in [0.4, 0.5) is 0 Å². The van der Waals surface area contributed by atoms with E-state index in [9.17, 15) is 4.79 Å². The predicted octanol–water partition coefficient (Wildman–Crippen LogP) is 1.91. The molecule has 20 heavy (non-hydrogen) atoms. The Morgan fingerprint density at radius 3 is 2.95 bits per heavy atom. The maximum atomic E-state index is 12.4. The Bertz CT molecular complexity index is 693. The van der Waals surface area contributed by atoms with E-state index in [1.54, 1.807) is 11.0 Å². The zero-order chi connectivity index (χ0) is 14.1. The van der Waals surface area contributed by atoms with Gasteiger partial charge in [0.2, 0.25) is 0 Å². The Morgan fingerprint density at radius 2 is 2.25 bits per heavy atom. The van der Waals surface area contributed by atoms with E-state index in [0.29, 0.717) is 24.4 Å². The lowest BCUT2D eigenvalue weighted by molar-refractivity contribution is 0.0707. The molecule has 1 amide bonds. The summed E-state index contributed by atoms with van der Waals surface area (Å²) in [5.41, 5.74) is 1.71. The Morgan fingerprint density at radius 1 is 1.50 bits per heavy atom. The monoisotopic (exact) mass is 270 g/mol. The molecule has 3 heterocycles. The largest absolute Gasteiger partial charge is 0.339 e. The molecule has 1 aliphatic rings. The van der Waals surface area contributed by atoms with Crippen molar-refractivity contribution in [3.05, 3.63) is 23.5 Å². The third-order valence-corrected chi connectivity index (χ3v) is 3.72. The van der Waals surface area contributed by atoms with Crippen LogP contribution in [0.3, 0.4) is 0 Å². The number of hydrogen-bond acceptors (Lipinski definition) is 5. The van der Waals surface area contributed by atoms with Crippen LogP contribution < -0.4 is 0 Å². The molecule has 0 unspecified atom stereocenters. The average Bonchev–Trinajstić information content (AvgIpc) is 2.87. The summed E-state index contributed by atoms with van der Waals surface area (Å²) in [4.78, 5) is 18.3. The van der Waals surface area contributed by atoms with Crippen LogP contribution in [0, 0.1) is 24.2 Å². The van der Waals surface area contributed by atoms with Crippen molar-refractivity contribution in [2.24, 2.45) is 5.92 Å². The summed E-state index contributed by atoms with van der Waals surface area (Å²) >= 11 is 0. The molecule has 0 spiro atoms. The molecule has 0 bridgehead atoms. The first kappa shape index (κ1) is 12.6. The molecule has 0 aliphatic carbocycles.